The van der Waals surface area contributed by atoms with Crippen LogP contribution in [0.15, 0.2) is 6.07 Å². The number of amides is 1. The highest BCUT2D eigenvalue weighted by Gasteiger charge is 2.36. The Balaban J connectivity index is 1.72. The number of carbonyl (C=O) groups is 1. The van der Waals surface area contributed by atoms with E-state index >= 15 is 0 Å². The number of carbonyl (C=O) groups excluding carboxylic acids is 1. The van der Waals surface area contributed by atoms with Gasteiger partial charge < -0.3 is 20.5 Å². The number of benzene rings is 1. The first kappa shape index (κ1) is 20.6. The molecule has 0 bridgehead atoms. The smallest absolute Gasteiger partial charge is 0.256 e. The number of hydrogen-bond acceptors (Lipinski definition) is 6. The predicted octanol–water partition coefficient (Wildman–Crippen LogP) is 4.78. The number of nitrogens with one attached hydrogen (secondary N) is 2. The quantitative estimate of drug-likeness (QED) is 0.618. The summed E-state index contributed by atoms with van der Waals surface area (Å²) in [5.41, 5.74) is 2.12. The molecule has 0 saturated carbocycles. The molecule has 0 fully saturated rings. The van der Waals surface area contributed by atoms with E-state index in [4.69, 9.17) is 27.9 Å². The van der Waals surface area contributed by atoms with E-state index in [-0.39, 0.29) is 27.5 Å². The van der Waals surface area contributed by atoms with E-state index < -0.39 is 6.17 Å². The van der Waals surface area contributed by atoms with Crippen LogP contribution >= 0.6 is 34.5 Å². The zero-order valence-corrected chi connectivity index (χ0v) is 18.8. The fourth-order valence-electron chi connectivity index (χ4n) is 3.86. The highest BCUT2D eigenvalue weighted by molar-refractivity contribution is 7.16. The van der Waals surface area contributed by atoms with Gasteiger partial charge in [-0.2, -0.15) is 0 Å². The van der Waals surface area contributed by atoms with Crippen molar-refractivity contribution in [2.45, 2.75) is 45.9 Å². The van der Waals surface area contributed by atoms with E-state index in [1.165, 1.54) is 10.9 Å². The molecule has 0 saturated heterocycles. The van der Waals surface area contributed by atoms with Crippen molar-refractivity contribution in [2.24, 2.45) is 0 Å². The number of phenolic OH excluding ortho intramolecular Hbond substituents is 1. The summed E-state index contributed by atoms with van der Waals surface area (Å²) in [4.78, 5) is 16.6. The third-order valence-electron chi connectivity index (χ3n) is 5.38. The highest BCUT2D eigenvalue weighted by atomic mass is 35.5. The molecule has 0 unspecified atom stereocenters. The topological polar surface area (TPSA) is 73.8 Å². The van der Waals surface area contributed by atoms with Crippen LogP contribution in [0.3, 0.4) is 0 Å². The first-order chi connectivity index (χ1) is 13.8. The van der Waals surface area contributed by atoms with E-state index in [1.807, 2.05) is 6.92 Å². The van der Waals surface area contributed by atoms with Gasteiger partial charge in [0.15, 0.2) is 11.5 Å². The van der Waals surface area contributed by atoms with Crippen LogP contribution in [0.25, 0.3) is 0 Å². The van der Waals surface area contributed by atoms with Crippen LogP contribution in [0.4, 0.5) is 5.00 Å². The average molecular weight is 456 g/mol. The lowest BCUT2D eigenvalue weighted by molar-refractivity contribution is 0.0934. The molecule has 0 aliphatic carbocycles. The largest absolute Gasteiger partial charge is 0.504 e. The molecule has 6 nitrogen and oxygen atoms in total. The fourth-order valence-corrected chi connectivity index (χ4v) is 5.61. The molecule has 2 aliphatic rings. The molecule has 9 heteroatoms. The van der Waals surface area contributed by atoms with Crippen LogP contribution in [0.2, 0.25) is 10.0 Å². The Morgan fingerprint density at radius 1 is 1.38 bits per heavy atom. The third kappa shape index (κ3) is 3.54. The van der Waals surface area contributed by atoms with Gasteiger partial charge in [0, 0.05) is 30.1 Å². The zero-order chi connectivity index (χ0) is 20.9. The maximum absolute atomic E-state index is 13.0. The van der Waals surface area contributed by atoms with E-state index in [1.54, 1.807) is 11.3 Å². The summed E-state index contributed by atoms with van der Waals surface area (Å²) in [7, 11) is 0. The Hall–Kier alpha value is -1.67. The second kappa shape index (κ2) is 7.87. The number of anilines is 1. The van der Waals surface area contributed by atoms with Gasteiger partial charge in [0.1, 0.15) is 11.2 Å². The van der Waals surface area contributed by atoms with E-state index in [2.05, 4.69) is 29.4 Å². The molecule has 0 spiro atoms. The van der Waals surface area contributed by atoms with Gasteiger partial charge in [0.05, 0.1) is 27.8 Å². The lowest BCUT2D eigenvalue weighted by atomic mass is 9.99. The first-order valence-corrected chi connectivity index (χ1v) is 11.2. The summed E-state index contributed by atoms with van der Waals surface area (Å²) in [5, 5.41) is 18.2. The Morgan fingerprint density at radius 2 is 2.14 bits per heavy atom. The molecule has 3 N–H and O–H groups in total. The second-order valence-corrected chi connectivity index (χ2v) is 9.33. The van der Waals surface area contributed by atoms with Gasteiger partial charge in [-0.05, 0) is 32.8 Å². The molecule has 156 valence electrons. The minimum Gasteiger partial charge on any atom is -0.504 e. The molecule has 1 amide bonds. The number of aromatic hydroxyl groups is 1. The first-order valence-electron chi connectivity index (χ1n) is 9.61. The molecule has 1 aromatic carbocycles. The fraction of sp³-hybridized carbons (Fsp3) is 0.450. The van der Waals surface area contributed by atoms with Crippen molar-refractivity contribution < 1.29 is 14.6 Å². The predicted molar refractivity (Wildman–Crippen MR) is 117 cm³/mol. The molecular weight excluding hydrogens is 433 g/mol. The van der Waals surface area contributed by atoms with E-state index in [0.29, 0.717) is 23.8 Å². The van der Waals surface area contributed by atoms with Crippen molar-refractivity contribution in [2.75, 3.05) is 18.5 Å². The van der Waals surface area contributed by atoms with Gasteiger partial charge in [0.2, 0.25) is 0 Å². The number of rotatable bonds is 4. The van der Waals surface area contributed by atoms with Gasteiger partial charge in [-0.15, -0.1) is 11.3 Å². The van der Waals surface area contributed by atoms with Gasteiger partial charge in [-0.25, -0.2) is 0 Å². The van der Waals surface area contributed by atoms with Crippen molar-refractivity contribution in [3.8, 4) is 11.5 Å². The number of phenols is 1. The van der Waals surface area contributed by atoms with Crippen molar-refractivity contribution >= 4 is 45.4 Å². The van der Waals surface area contributed by atoms with Crippen LogP contribution in [0.5, 0.6) is 11.5 Å². The standard InChI is InChI=1S/C20H23Cl2N3O3S/c1-4-28-12-7-11(21)16(22)15(17(12)26)18-23-19(27)14-10-5-6-25(9(2)3)8-13(10)29-20(14)24-18/h7,9,18,24,26H,4-6,8H2,1-3H3,(H,23,27)/t18-/m0/s1. The van der Waals surface area contributed by atoms with Gasteiger partial charge in [-0.3, -0.25) is 9.69 Å². The molecule has 2 aromatic rings. The Morgan fingerprint density at radius 3 is 2.83 bits per heavy atom. The second-order valence-electron chi connectivity index (χ2n) is 7.44. The minimum atomic E-state index is -0.707. The summed E-state index contributed by atoms with van der Waals surface area (Å²) in [5.74, 6) is -0.0701. The Labute approximate surface area is 183 Å². The lowest BCUT2D eigenvalue weighted by Gasteiger charge is -2.31. The zero-order valence-electron chi connectivity index (χ0n) is 16.4. The monoisotopic (exact) mass is 455 g/mol. The van der Waals surface area contributed by atoms with Crippen LogP contribution in [0.1, 0.15) is 53.3 Å². The minimum absolute atomic E-state index is 0.130. The Bertz CT molecular complexity index is 977. The Kier molecular flexibility index (Phi) is 5.59. The molecule has 29 heavy (non-hydrogen) atoms. The van der Waals surface area contributed by atoms with Crippen molar-refractivity contribution in [1.82, 2.24) is 10.2 Å². The van der Waals surface area contributed by atoms with Gasteiger partial charge >= 0.3 is 0 Å². The lowest BCUT2D eigenvalue weighted by Crippen LogP contribution is -2.39. The van der Waals surface area contributed by atoms with E-state index in [9.17, 15) is 9.90 Å². The van der Waals surface area contributed by atoms with Crippen LogP contribution < -0.4 is 15.4 Å². The summed E-state index contributed by atoms with van der Waals surface area (Å²) in [6.07, 6.45) is 0.137. The molecule has 2 aliphatic heterocycles. The van der Waals surface area contributed by atoms with Crippen molar-refractivity contribution in [1.29, 1.82) is 0 Å². The SMILES string of the molecule is CCOc1cc(Cl)c(Cl)c([C@H]2NC(=O)c3c(sc4c3CCN(C(C)C)C4)N2)c1O. The maximum Gasteiger partial charge on any atom is 0.256 e. The molecule has 1 atom stereocenters. The third-order valence-corrected chi connectivity index (χ3v) is 7.33. The molecule has 3 heterocycles. The number of ether oxygens (including phenoxy) is 1. The summed E-state index contributed by atoms with van der Waals surface area (Å²) < 4.78 is 5.46. The molecule has 4 rings (SSSR count). The van der Waals surface area contributed by atoms with Crippen molar-refractivity contribution in [3.63, 3.8) is 0 Å². The summed E-state index contributed by atoms with van der Waals surface area (Å²) in [6.45, 7) is 8.30. The molecule has 0 radical (unpaired) electrons. The number of thiophene rings is 1. The summed E-state index contributed by atoms with van der Waals surface area (Å²) in [6, 6.07) is 1.93. The molecular formula is C20H23Cl2N3O3S. The van der Waals surface area contributed by atoms with Crippen LogP contribution in [-0.2, 0) is 13.0 Å². The number of nitrogens with zero attached hydrogens (tertiary/aromatic N) is 1. The van der Waals surface area contributed by atoms with Crippen molar-refractivity contribution in [3.05, 3.63) is 37.7 Å². The normalized spacial score (nSPS) is 18.8. The highest BCUT2D eigenvalue weighted by Crippen LogP contribution is 2.47. The summed E-state index contributed by atoms with van der Waals surface area (Å²) >= 11 is 14.2. The number of fused-ring (bicyclic) bond motifs is 3. The molecule has 1 aromatic heterocycles. The van der Waals surface area contributed by atoms with E-state index in [0.717, 1.165) is 30.1 Å². The van der Waals surface area contributed by atoms with Crippen LogP contribution in [-0.4, -0.2) is 35.1 Å². The van der Waals surface area contributed by atoms with Gasteiger partial charge in [0.25, 0.3) is 5.91 Å². The number of halogens is 2. The average Bonchev–Trinajstić information content (AvgIpc) is 3.04. The number of hydrogen-bond donors (Lipinski definition) is 3. The maximum atomic E-state index is 13.0. The van der Waals surface area contributed by atoms with Crippen LogP contribution in [0, 0.1) is 0 Å². The van der Waals surface area contributed by atoms with Gasteiger partial charge in [-0.1, -0.05) is 23.2 Å².